The van der Waals surface area contributed by atoms with Crippen molar-refractivity contribution in [2.45, 2.75) is 51.2 Å². The lowest BCUT2D eigenvalue weighted by atomic mass is 10.1. The predicted molar refractivity (Wildman–Crippen MR) is 129 cm³/mol. The summed E-state index contributed by atoms with van der Waals surface area (Å²) >= 11 is 0. The Hall–Kier alpha value is -3.02. The summed E-state index contributed by atoms with van der Waals surface area (Å²) in [5.41, 5.74) is 1.99. The van der Waals surface area contributed by atoms with Gasteiger partial charge in [0.05, 0.1) is 0 Å². The van der Waals surface area contributed by atoms with E-state index in [0.717, 1.165) is 74.6 Å². The molecule has 1 heterocycles. The molecule has 2 N–H and O–H groups in total. The van der Waals surface area contributed by atoms with Crippen LogP contribution >= 0.6 is 0 Å². The summed E-state index contributed by atoms with van der Waals surface area (Å²) in [7, 11) is 1.83. The zero-order valence-corrected chi connectivity index (χ0v) is 18.9. The zero-order chi connectivity index (χ0) is 22.2. The van der Waals surface area contributed by atoms with Crippen LogP contribution in [0.15, 0.2) is 59.6 Å². The minimum Gasteiger partial charge on any atom is -0.490 e. The highest BCUT2D eigenvalue weighted by atomic mass is 16.5. The number of nitrogens with zero attached hydrogens (tertiary/aromatic N) is 2. The number of rotatable bonds is 6. The van der Waals surface area contributed by atoms with E-state index < -0.39 is 0 Å². The molecular formula is C26H34N4O2. The lowest BCUT2D eigenvalue weighted by Crippen LogP contribution is -2.47. The van der Waals surface area contributed by atoms with Gasteiger partial charge in [0.25, 0.3) is 0 Å². The second-order valence-corrected chi connectivity index (χ2v) is 8.69. The summed E-state index contributed by atoms with van der Waals surface area (Å²) < 4.78 is 6.11. The molecule has 6 nitrogen and oxygen atoms in total. The first kappa shape index (κ1) is 22.2. The van der Waals surface area contributed by atoms with Crippen molar-refractivity contribution in [3.8, 4) is 5.75 Å². The van der Waals surface area contributed by atoms with Crippen molar-refractivity contribution >= 4 is 17.6 Å². The van der Waals surface area contributed by atoms with Crippen LogP contribution in [0.5, 0.6) is 5.75 Å². The molecule has 1 saturated carbocycles. The number of piperidine rings is 1. The SMILES string of the molecule is CN=C(NCc1cccc(NC(=O)C2CCCC2)c1)N1CCC(Oc2ccccc2)CC1. The van der Waals surface area contributed by atoms with Crippen LogP contribution in [0.4, 0.5) is 5.69 Å². The second kappa shape index (κ2) is 11.0. The molecule has 0 spiro atoms. The summed E-state index contributed by atoms with van der Waals surface area (Å²) in [6.07, 6.45) is 6.53. The zero-order valence-electron chi connectivity index (χ0n) is 18.9. The average Bonchev–Trinajstić information content (AvgIpc) is 3.37. The number of likely N-dealkylation sites (tertiary alicyclic amines) is 1. The monoisotopic (exact) mass is 434 g/mol. The molecule has 1 saturated heterocycles. The van der Waals surface area contributed by atoms with Gasteiger partial charge in [0, 0.05) is 51.1 Å². The van der Waals surface area contributed by atoms with Crippen LogP contribution < -0.4 is 15.4 Å². The predicted octanol–water partition coefficient (Wildman–Crippen LogP) is 4.43. The van der Waals surface area contributed by atoms with Gasteiger partial charge in [0.1, 0.15) is 11.9 Å². The molecule has 1 aliphatic heterocycles. The van der Waals surface area contributed by atoms with Crippen molar-refractivity contribution in [1.29, 1.82) is 0 Å². The molecule has 2 aromatic rings. The molecule has 2 fully saturated rings. The molecular weight excluding hydrogens is 400 g/mol. The third-order valence-corrected chi connectivity index (χ3v) is 6.37. The molecule has 1 aliphatic carbocycles. The number of guanidine groups is 1. The third kappa shape index (κ3) is 6.02. The number of hydrogen-bond acceptors (Lipinski definition) is 3. The molecule has 2 aromatic carbocycles. The molecule has 0 atom stereocenters. The Labute approximate surface area is 191 Å². The summed E-state index contributed by atoms with van der Waals surface area (Å²) in [5.74, 6) is 2.17. The number of para-hydroxylation sites is 1. The van der Waals surface area contributed by atoms with E-state index in [-0.39, 0.29) is 17.9 Å². The van der Waals surface area contributed by atoms with Crippen LogP contribution in [0.1, 0.15) is 44.1 Å². The van der Waals surface area contributed by atoms with Gasteiger partial charge in [0.2, 0.25) is 5.91 Å². The molecule has 0 aromatic heterocycles. The fourth-order valence-electron chi connectivity index (χ4n) is 4.58. The van der Waals surface area contributed by atoms with Crippen molar-refractivity contribution in [3.05, 3.63) is 60.2 Å². The van der Waals surface area contributed by atoms with E-state index in [4.69, 9.17) is 4.74 Å². The molecule has 0 bridgehead atoms. The molecule has 170 valence electrons. The Balaban J connectivity index is 1.25. The Morgan fingerprint density at radius 3 is 2.50 bits per heavy atom. The minimum absolute atomic E-state index is 0.156. The fourth-order valence-corrected chi connectivity index (χ4v) is 4.58. The van der Waals surface area contributed by atoms with Crippen molar-refractivity contribution < 1.29 is 9.53 Å². The van der Waals surface area contributed by atoms with Crippen LogP contribution in [0.25, 0.3) is 0 Å². The van der Waals surface area contributed by atoms with Crippen molar-refractivity contribution in [1.82, 2.24) is 10.2 Å². The maximum absolute atomic E-state index is 12.4. The maximum Gasteiger partial charge on any atom is 0.227 e. The van der Waals surface area contributed by atoms with E-state index in [1.807, 2.05) is 55.6 Å². The van der Waals surface area contributed by atoms with Gasteiger partial charge in [-0.3, -0.25) is 9.79 Å². The summed E-state index contributed by atoms with van der Waals surface area (Å²) in [6.45, 7) is 2.49. The lowest BCUT2D eigenvalue weighted by Gasteiger charge is -2.34. The highest BCUT2D eigenvalue weighted by molar-refractivity contribution is 5.92. The van der Waals surface area contributed by atoms with E-state index in [2.05, 4.69) is 26.6 Å². The largest absolute Gasteiger partial charge is 0.490 e. The first-order valence-corrected chi connectivity index (χ1v) is 11.8. The Kier molecular flexibility index (Phi) is 7.64. The third-order valence-electron chi connectivity index (χ3n) is 6.37. The number of amides is 1. The molecule has 0 radical (unpaired) electrons. The number of carbonyl (C=O) groups excluding carboxylic acids is 1. The van der Waals surface area contributed by atoms with Gasteiger partial charge >= 0.3 is 0 Å². The van der Waals surface area contributed by atoms with Gasteiger partial charge in [-0.2, -0.15) is 0 Å². The average molecular weight is 435 g/mol. The van der Waals surface area contributed by atoms with Crippen LogP contribution in [0, 0.1) is 5.92 Å². The molecule has 4 rings (SSSR count). The number of hydrogen-bond donors (Lipinski definition) is 2. The Bertz CT molecular complexity index is 901. The fraction of sp³-hybridized carbons (Fsp3) is 0.462. The summed E-state index contributed by atoms with van der Waals surface area (Å²) in [6, 6.07) is 18.1. The summed E-state index contributed by atoms with van der Waals surface area (Å²) in [5, 5.41) is 6.57. The van der Waals surface area contributed by atoms with Crippen molar-refractivity contribution in [3.63, 3.8) is 0 Å². The molecule has 0 unspecified atom stereocenters. The van der Waals surface area contributed by atoms with E-state index in [1.165, 1.54) is 0 Å². The Morgan fingerprint density at radius 2 is 1.78 bits per heavy atom. The van der Waals surface area contributed by atoms with Gasteiger partial charge in [-0.05, 0) is 42.7 Å². The molecule has 1 amide bonds. The number of carbonyl (C=O) groups is 1. The first-order valence-electron chi connectivity index (χ1n) is 11.8. The normalized spacial score (nSPS) is 17.9. The highest BCUT2D eigenvalue weighted by Crippen LogP contribution is 2.26. The van der Waals surface area contributed by atoms with Gasteiger partial charge in [0.15, 0.2) is 5.96 Å². The maximum atomic E-state index is 12.4. The Morgan fingerprint density at radius 1 is 1.03 bits per heavy atom. The summed E-state index contributed by atoms with van der Waals surface area (Å²) in [4.78, 5) is 19.2. The van der Waals surface area contributed by atoms with E-state index >= 15 is 0 Å². The van der Waals surface area contributed by atoms with E-state index in [9.17, 15) is 4.79 Å². The van der Waals surface area contributed by atoms with Crippen LogP contribution in [-0.2, 0) is 11.3 Å². The van der Waals surface area contributed by atoms with Crippen molar-refractivity contribution in [2.24, 2.45) is 10.9 Å². The quantitative estimate of drug-likeness (QED) is 0.521. The minimum atomic E-state index is 0.156. The van der Waals surface area contributed by atoms with Gasteiger partial charge in [-0.15, -0.1) is 0 Å². The number of nitrogens with one attached hydrogen (secondary N) is 2. The molecule has 2 aliphatic rings. The van der Waals surface area contributed by atoms with Gasteiger partial charge < -0.3 is 20.3 Å². The van der Waals surface area contributed by atoms with Crippen LogP contribution in [-0.4, -0.2) is 43.0 Å². The number of benzene rings is 2. The first-order chi connectivity index (χ1) is 15.7. The second-order valence-electron chi connectivity index (χ2n) is 8.69. The molecule has 32 heavy (non-hydrogen) atoms. The standard InChI is InChI=1S/C26H34N4O2/c1-27-26(30-16-14-24(15-17-30)32-23-12-3-2-4-13-23)28-19-20-8-7-11-22(18-20)29-25(31)21-9-5-6-10-21/h2-4,7-8,11-13,18,21,24H,5-6,9-10,14-17,19H2,1H3,(H,27,28)(H,29,31). The highest BCUT2D eigenvalue weighted by Gasteiger charge is 2.23. The number of anilines is 1. The number of ether oxygens (including phenoxy) is 1. The van der Waals surface area contributed by atoms with Crippen LogP contribution in [0.2, 0.25) is 0 Å². The lowest BCUT2D eigenvalue weighted by molar-refractivity contribution is -0.119. The van der Waals surface area contributed by atoms with E-state index in [0.29, 0.717) is 6.54 Å². The van der Waals surface area contributed by atoms with Crippen LogP contribution in [0.3, 0.4) is 0 Å². The van der Waals surface area contributed by atoms with Gasteiger partial charge in [-0.25, -0.2) is 0 Å². The smallest absolute Gasteiger partial charge is 0.227 e. The molecule has 6 heteroatoms. The van der Waals surface area contributed by atoms with E-state index in [1.54, 1.807) is 0 Å². The van der Waals surface area contributed by atoms with Crippen molar-refractivity contribution in [2.75, 3.05) is 25.5 Å². The number of aliphatic imine (C=N–C) groups is 1. The topological polar surface area (TPSA) is 66.0 Å². The van der Waals surface area contributed by atoms with Gasteiger partial charge in [-0.1, -0.05) is 43.2 Å².